The first-order chi connectivity index (χ1) is 5.49. The van der Waals surface area contributed by atoms with Crippen LogP contribution in [-0.2, 0) is 19.1 Å². The van der Waals surface area contributed by atoms with Crippen LogP contribution >= 0.6 is 0 Å². The van der Waals surface area contributed by atoms with E-state index in [1.165, 1.54) is 0 Å². The lowest BCUT2D eigenvalue weighted by Crippen LogP contribution is -2.23. The van der Waals surface area contributed by atoms with Crippen LogP contribution in [-0.4, -0.2) is 33.7 Å². The lowest BCUT2D eigenvalue weighted by Gasteiger charge is -2.04. The van der Waals surface area contributed by atoms with Gasteiger partial charge in [0.15, 0.2) is 0 Å². The normalized spacial score (nSPS) is 24.1. The maximum absolute atomic E-state index is 10.9. The third kappa shape index (κ3) is 2.78. The molecule has 1 heterocycles. The molecule has 0 aliphatic carbocycles. The van der Waals surface area contributed by atoms with Crippen LogP contribution < -0.4 is 5.32 Å². The quantitative estimate of drug-likeness (QED) is 0.589. The van der Waals surface area contributed by atoms with E-state index < -0.39 is 10.1 Å². The number of carbonyl (C=O) groups excluding carboxylic acids is 1. The van der Waals surface area contributed by atoms with Gasteiger partial charge in [-0.2, -0.15) is 8.42 Å². The summed E-state index contributed by atoms with van der Waals surface area (Å²) < 4.78 is 25.6. The Morgan fingerprint density at radius 1 is 1.67 bits per heavy atom. The third-order valence-corrected chi connectivity index (χ3v) is 2.21. The number of carbonyl (C=O) groups is 1. The van der Waals surface area contributed by atoms with E-state index in [2.05, 4.69) is 9.50 Å². The minimum absolute atomic E-state index is 0.0370. The standard InChI is InChI=1S/C6H11NO4S/c1-12(9,10)11-4-5-2-3-7-6(5)8/h5H,2-4H2,1H3,(H,7,8). The summed E-state index contributed by atoms with van der Waals surface area (Å²) in [6.45, 7) is 0.571. The summed E-state index contributed by atoms with van der Waals surface area (Å²) in [6, 6.07) is 0. The van der Waals surface area contributed by atoms with Crippen molar-refractivity contribution < 1.29 is 17.4 Å². The number of hydrogen-bond donors (Lipinski definition) is 1. The maximum Gasteiger partial charge on any atom is 0.264 e. The molecule has 0 aromatic heterocycles. The van der Waals surface area contributed by atoms with E-state index in [0.29, 0.717) is 13.0 Å². The van der Waals surface area contributed by atoms with Gasteiger partial charge < -0.3 is 5.32 Å². The summed E-state index contributed by atoms with van der Waals surface area (Å²) in [5.74, 6) is -0.432. The molecule has 70 valence electrons. The van der Waals surface area contributed by atoms with Gasteiger partial charge in [0.25, 0.3) is 10.1 Å². The average molecular weight is 193 g/mol. The topological polar surface area (TPSA) is 72.5 Å². The van der Waals surface area contributed by atoms with E-state index >= 15 is 0 Å². The molecule has 0 bridgehead atoms. The molecule has 5 nitrogen and oxygen atoms in total. The van der Waals surface area contributed by atoms with Gasteiger partial charge in [-0.05, 0) is 6.42 Å². The molecular weight excluding hydrogens is 182 g/mol. The maximum atomic E-state index is 10.9. The molecule has 1 aliphatic heterocycles. The van der Waals surface area contributed by atoms with Crippen molar-refractivity contribution in [2.24, 2.45) is 5.92 Å². The van der Waals surface area contributed by atoms with Crippen LogP contribution in [0.1, 0.15) is 6.42 Å². The highest BCUT2D eigenvalue weighted by molar-refractivity contribution is 7.85. The van der Waals surface area contributed by atoms with E-state index in [-0.39, 0.29) is 18.4 Å². The Bertz CT molecular complexity index is 271. The van der Waals surface area contributed by atoms with Crippen LogP contribution in [0.4, 0.5) is 0 Å². The lowest BCUT2D eigenvalue weighted by atomic mass is 10.1. The molecule has 12 heavy (non-hydrogen) atoms. The molecule has 1 atom stereocenters. The summed E-state index contributed by atoms with van der Waals surface area (Å²) in [5, 5.41) is 2.59. The molecule has 1 fully saturated rings. The number of rotatable bonds is 3. The molecule has 1 saturated heterocycles. The third-order valence-electron chi connectivity index (χ3n) is 1.65. The van der Waals surface area contributed by atoms with Crippen molar-refractivity contribution in [2.75, 3.05) is 19.4 Å². The van der Waals surface area contributed by atoms with Gasteiger partial charge in [-0.1, -0.05) is 0 Å². The molecule has 0 aromatic rings. The smallest absolute Gasteiger partial charge is 0.264 e. The zero-order chi connectivity index (χ0) is 9.19. The fraction of sp³-hybridized carbons (Fsp3) is 0.833. The second kappa shape index (κ2) is 3.40. The Morgan fingerprint density at radius 3 is 2.75 bits per heavy atom. The Labute approximate surface area is 71.2 Å². The lowest BCUT2D eigenvalue weighted by molar-refractivity contribution is -0.123. The first-order valence-corrected chi connectivity index (χ1v) is 5.43. The second-order valence-electron chi connectivity index (χ2n) is 2.77. The summed E-state index contributed by atoms with van der Waals surface area (Å²) in [7, 11) is -3.42. The molecule has 0 radical (unpaired) electrons. The Balaban J connectivity index is 2.37. The first kappa shape index (κ1) is 9.47. The Hall–Kier alpha value is -0.620. The minimum Gasteiger partial charge on any atom is -0.356 e. The molecule has 0 aromatic carbocycles. The van der Waals surface area contributed by atoms with Crippen molar-refractivity contribution in [3.8, 4) is 0 Å². The van der Waals surface area contributed by atoms with Crippen molar-refractivity contribution in [3.63, 3.8) is 0 Å². The van der Waals surface area contributed by atoms with Crippen LogP contribution in [0.2, 0.25) is 0 Å². The molecule has 0 saturated carbocycles. The van der Waals surface area contributed by atoms with Crippen molar-refractivity contribution in [1.29, 1.82) is 0 Å². The number of hydrogen-bond acceptors (Lipinski definition) is 4. The SMILES string of the molecule is CS(=O)(=O)OCC1CCNC1=O. The van der Waals surface area contributed by atoms with E-state index in [4.69, 9.17) is 0 Å². The van der Waals surface area contributed by atoms with Gasteiger partial charge in [0.2, 0.25) is 5.91 Å². The molecular formula is C6H11NO4S. The minimum atomic E-state index is -3.42. The summed E-state index contributed by atoms with van der Waals surface area (Å²) in [5.41, 5.74) is 0. The largest absolute Gasteiger partial charge is 0.356 e. The number of amides is 1. The van der Waals surface area contributed by atoms with Gasteiger partial charge in [-0.15, -0.1) is 0 Å². The highest BCUT2D eigenvalue weighted by Gasteiger charge is 2.25. The van der Waals surface area contributed by atoms with E-state index in [0.717, 1.165) is 6.26 Å². The van der Waals surface area contributed by atoms with Crippen LogP contribution in [0.3, 0.4) is 0 Å². The average Bonchev–Trinajstić information content (AvgIpc) is 2.29. The van der Waals surface area contributed by atoms with Crippen molar-refractivity contribution in [2.45, 2.75) is 6.42 Å². The highest BCUT2D eigenvalue weighted by atomic mass is 32.2. The summed E-state index contributed by atoms with van der Waals surface area (Å²) >= 11 is 0. The van der Waals surface area contributed by atoms with Crippen molar-refractivity contribution in [1.82, 2.24) is 5.32 Å². The first-order valence-electron chi connectivity index (χ1n) is 3.61. The second-order valence-corrected chi connectivity index (χ2v) is 4.41. The fourth-order valence-electron chi connectivity index (χ4n) is 1.01. The molecule has 1 aliphatic rings. The van der Waals surface area contributed by atoms with Gasteiger partial charge in [0, 0.05) is 6.54 Å². The van der Waals surface area contributed by atoms with Crippen molar-refractivity contribution in [3.05, 3.63) is 0 Å². The molecule has 1 rings (SSSR count). The zero-order valence-electron chi connectivity index (χ0n) is 6.74. The molecule has 1 unspecified atom stereocenters. The predicted octanol–water partition coefficient (Wildman–Crippen LogP) is -0.901. The molecule has 1 amide bonds. The van der Waals surface area contributed by atoms with Crippen LogP contribution in [0, 0.1) is 5.92 Å². The van der Waals surface area contributed by atoms with E-state index in [9.17, 15) is 13.2 Å². The fourth-order valence-corrected chi connectivity index (χ4v) is 1.42. The van der Waals surface area contributed by atoms with Crippen molar-refractivity contribution >= 4 is 16.0 Å². The predicted molar refractivity (Wildman–Crippen MR) is 41.9 cm³/mol. The van der Waals surface area contributed by atoms with Crippen LogP contribution in [0.25, 0.3) is 0 Å². The molecule has 0 spiro atoms. The number of nitrogens with one attached hydrogen (secondary N) is 1. The Kier molecular flexibility index (Phi) is 2.69. The van der Waals surface area contributed by atoms with Crippen LogP contribution in [0.5, 0.6) is 0 Å². The summed E-state index contributed by atoms with van der Waals surface area (Å²) in [6.07, 6.45) is 1.62. The monoisotopic (exact) mass is 193 g/mol. The zero-order valence-corrected chi connectivity index (χ0v) is 7.56. The van der Waals surface area contributed by atoms with Gasteiger partial charge in [0.05, 0.1) is 18.8 Å². The highest BCUT2D eigenvalue weighted by Crippen LogP contribution is 2.10. The van der Waals surface area contributed by atoms with Gasteiger partial charge in [-0.3, -0.25) is 8.98 Å². The van der Waals surface area contributed by atoms with Gasteiger partial charge in [-0.25, -0.2) is 0 Å². The molecule has 6 heteroatoms. The van der Waals surface area contributed by atoms with Gasteiger partial charge >= 0.3 is 0 Å². The summed E-state index contributed by atoms with van der Waals surface area (Å²) in [4.78, 5) is 10.9. The Morgan fingerprint density at radius 2 is 2.33 bits per heavy atom. The van der Waals surface area contributed by atoms with Crippen LogP contribution in [0.15, 0.2) is 0 Å². The van der Waals surface area contributed by atoms with E-state index in [1.807, 2.05) is 0 Å². The molecule has 1 N–H and O–H groups in total. The van der Waals surface area contributed by atoms with Gasteiger partial charge in [0.1, 0.15) is 0 Å². The van der Waals surface area contributed by atoms with E-state index in [1.54, 1.807) is 0 Å².